The van der Waals surface area contributed by atoms with E-state index < -0.39 is 10.0 Å². The molecular formula is C12H22N2O2S. The first kappa shape index (κ1) is 11.9. The van der Waals surface area contributed by atoms with Gasteiger partial charge in [0.1, 0.15) is 0 Å². The molecule has 2 unspecified atom stereocenters. The van der Waals surface area contributed by atoms with Gasteiger partial charge in [-0.15, -0.1) is 0 Å². The number of sulfonamides is 1. The summed E-state index contributed by atoms with van der Waals surface area (Å²) in [6, 6.07) is 0. The maximum Gasteiger partial charge on any atom is 0.216 e. The standard InChI is InChI=1S/C12H22N2O2S/c15-17(16,12-4-2-1-3-5-12)14-8-10-6-13-7-11(10)9-14/h10-13H,1-9H2. The van der Waals surface area contributed by atoms with Crippen molar-refractivity contribution in [1.82, 2.24) is 9.62 Å². The summed E-state index contributed by atoms with van der Waals surface area (Å²) >= 11 is 0. The molecule has 3 fully saturated rings. The Morgan fingerprint density at radius 2 is 1.53 bits per heavy atom. The molecule has 3 aliphatic rings. The van der Waals surface area contributed by atoms with E-state index in [2.05, 4.69) is 5.32 Å². The highest BCUT2D eigenvalue weighted by molar-refractivity contribution is 7.89. The van der Waals surface area contributed by atoms with Gasteiger partial charge in [0.2, 0.25) is 10.0 Å². The first-order valence-corrected chi connectivity index (χ1v) is 8.38. The second-order valence-corrected chi connectivity index (χ2v) is 8.01. The van der Waals surface area contributed by atoms with Crippen molar-refractivity contribution in [1.29, 1.82) is 0 Å². The van der Waals surface area contributed by atoms with Crippen molar-refractivity contribution in [2.45, 2.75) is 37.4 Å². The third-order valence-corrected chi connectivity index (χ3v) is 7.02. The summed E-state index contributed by atoms with van der Waals surface area (Å²) in [7, 11) is -3.00. The van der Waals surface area contributed by atoms with Gasteiger partial charge in [0.05, 0.1) is 5.25 Å². The number of rotatable bonds is 2. The van der Waals surface area contributed by atoms with Crippen LogP contribution in [0.1, 0.15) is 32.1 Å². The third kappa shape index (κ3) is 2.13. The van der Waals surface area contributed by atoms with Gasteiger partial charge in [-0.25, -0.2) is 12.7 Å². The molecule has 0 aromatic carbocycles. The van der Waals surface area contributed by atoms with Gasteiger partial charge in [-0.05, 0) is 37.8 Å². The van der Waals surface area contributed by atoms with Crippen LogP contribution in [0.3, 0.4) is 0 Å². The van der Waals surface area contributed by atoms with Crippen LogP contribution in [0.15, 0.2) is 0 Å². The van der Waals surface area contributed by atoms with Gasteiger partial charge in [0.15, 0.2) is 0 Å². The molecule has 0 bridgehead atoms. The molecule has 5 heteroatoms. The van der Waals surface area contributed by atoms with E-state index in [9.17, 15) is 8.42 Å². The Kier molecular flexibility index (Phi) is 3.17. The van der Waals surface area contributed by atoms with E-state index in [1.165, 1.54) is 6.42 Å². The zero-order valence-corrected chi connectivity index (χ0v) is 11.1. The smallest absolute Gasteiger partial charge is 0.216 e. The fourth-order valence-corrected chi connectivity index (χ4v) is 5.74. The highest BCUT2D eigenvalue weighted by atomic mass is 32.2. The minimum Gasteiger partial charge on any atom is -0.316 e. The lowest BCUT2D eigenvalue weighted by atomic mass is 10.0. The van der Waals surface area contributed by atoms with E-state index in [0.717, 1.165) is 51.9 Å². The number of hydrogen-bond acceptors (Lipinski definition) is 3. The Hall–Kier alpha value is -0.130. The van der Waals surface area contributed by atoms with E-state index in [1.54, 1.807) is 4.31 Å². The summed E-state index contributed by atoms with van der Waals surface area (Å²) in [5, 5.41) is 3.27. The highest BCUT2D eigenvalue weighted by Gasteiger charge is 2.43. The van der Waals surface area contributed by atoms with E-state index in [1.807, 2.05) is 0 Å². The molecule has 0 amide bonds. The maximum absolute atomic E-state index is 12.5. The summed E-state index contributed by atoms with van der Waals surface area (Å²) in [6.07, 6.45) is 5.15. The van der Waals surface area contributed by atoms with Gasteiger partial charge >= 0.3 is 0 Å². The summed E-state index contributed by atoms with van der Waals surface area (Å²) in [6.45, 7) is 3.52. The van der Waals surface area contributed by atoms with Crippen LogP contribution in [0.25, 0.3) is 0 Å². The molecular weight excluding hydrogens is 236 g/mol. The molecule has 98 valence electrons. The minimum atomic E-state index is -3.00. The van der Waals surface area contributed by atoms with Gasteiger partial charge in [0.25, 0.3) is 0 Å². The second kappa shape index (κ2) is 4.52. The lowest BCUT2D eigenvalue weighted by Gasteiger charge is -2.27. The second-order valence-electron chi connectivity index (χ2n) is 5.80. The SMILES string of the molecule is O=S(=O)(C1CCCCC1)N1CC2CNCC2C1. The minimum absolute atomic E-state index is 0.0805. The number of hydrogen-bond donors (Lipinski definition) is 1. The number of nitrogens with zero attached hydrogens (tertiary/aromatic N) is 1. The van der Waals surface area contributed by atoms with E-state index >= 15 is 0 Å². The van der Waals surface area contributed by atoms with E-state index in [0.29, 0.717) is 11.8 Å². The van der Waals surface area contributed by atoms with Crippen LogP contribution in [0.4, 0.5) is 0 Å². The predicted octanol–water partition coefficient (Wildman–Crippen LogP) is 0.800. The van der Waals surface area contributed by atoms with Crippen LogP contribution in [0.2, 0.25) is 0 Å². The normalized spacial score (nSPS) is 36.2. The Morgan fingerprint density at radius 3 is 2.12 bits per heavy atom. The zero-order valence-electron chi connectivity index (χ0n) is 10.3. The highest BCUT2D eigenvalue weighted by Crippen LogP contribution is 2.33. The molecule has 0 aromatic rings. The maximum atomic E-state index is 12.5. The fourth-order valence-electron chi connectivity index (χ4n) is 3.59. The predicted molar refractivity (Wildman–Crippen MR) is 67.2 cm³/mol. The van der Waals surface area contributed by atoms with Crippen molar-refractivity contribution < 1.29 is 8.42 Å². The number of fused-ring (bicyclic) bond motifs is 1. The zero-order chi connectivity index (χ0) is 11.9. The van der Waals surface area contributed by atoms with E-state index in [4.69, 9.17) is 0 Å². The van der Waals surface area contributed by atoms with Crippen LogP contribution in [0, 0.1) is 11.8 Å². The molecule has 2 saturated heterocycles. The van der Waals surface area contributed by atoms with Crippen LogP contribution >= 0.6 is 0 Å². The van der Waals surface area contributed by atoms with Crippen molar-refractivity contribution >= 4 is 10.0 Å². The van der Waals surface area contributed by atoms with Crippen molar-refractivity contribution in [3.63, 3.8) is 0 Å². The van der Waals surface area contributed by atoms with Gasteiger partial charge < -0.3 is 5.32 Å². The Balaban J connectivity index is 1.70. The molecule has 1 saturated carbocycles. The lowest BCUT2D eigenvalue weighted by Crippen LogP contribution is -2.39. The molecule has 1 aliphatic carbocycles. The third-order valence-electron chi connectivity index (χ3n) is 4.69. The quantitative estimate of drug-likeness (QED) is 0.797. The Morgan fingerprint density at radius 1 is 0.941 bits per heavy atom. The van der Waals surface area contributed by atoms with Crippen LogP contribution in [-0.2, 0) is 10.0 Å². The molecule has 2 atom stereocenters. The topological polar surface area (TPSA) is 49.4 Å². The largest absolute Gasteiger partial charge is 0.316 e. The van der Waals surface area contributed by atoms with Gasteiger partial charge in [-0.3, -0.25) is 0 Å². The summed E-state index contributed by atoms with van der Waals surface area (Å²) in [5.74, 6) is 1.13. The van der Waals surface area contributed by atoms with Gasteiger partial charge in [0, 0.05) is 13.1 Å². The van der Waals surface area contributed by atoms with Crippen molar-refractivity contribution in [3.8, 4) is 0 Å². The molecule has 2 aliphatic heterocycles. The summed E-state index contributed by atoms with van der Waals surface area (Å²) in [5.41, 5.74) is 0. The Bertz CT molecular complexity index is 364. The molecule has 2 heterocycles. The lowest BCUT2D eigenvalue weighted by molar-refractivity contribution is 0.413. The fraction of sp³-hybridized carbons (Fsp3) is 1.00. The van der Waals surface area contributed by atoms with Crippen molar-refractivity contribution in [2.75, 3.05) is 26.2 Å². The van der Waals surface area contributed by atoms with Gasteiger partial charge in [-0.1, -0.05) is 19.3 Å². The molecule has 0 radical (unpaired) electrons. The molecule has 4 nitrogen and oxygen atoms in total. The molecule has 3 rings (SSSR count). The molecule has 1 N–H and O–H groups in total. The molecule has 17 heavy (non-hydrogen) atoms. The first-order valence-electron chi connectivity index (χ1n) is 6.87. The number of nitrogens with one attached hydrogen (secondary N) is 1. The monoisotopic (exact) mass is 258 g/mol. The van der Waals surface area contributed by atoms with Crippen molar-refractivity contribution in [2.24, 2.45) is 11.8 Å². The molecule has 0 aromatic heterocycles. The van der Waals surface area contributed by atoms with Crippen LogP contribution < -0.4 is 5.32 Å². The van der Waals surface area contributed by atoms with E-state index in [-0.39, 0.29) is 5.25 Å². The van der Waals surface area contributed by atoms with Crippen LogP contribution in [-0.4, -0.2) is 44.2 Å². The van der Waals surface area contributed by atoms with Crippen LogP contribution in [0.5, 0.6) is 0 Å². The first-order chi connectivity index (χ1) is 8.18. The molecule has 0 spiro atoms. The van der Waals surface area contributed by atoms with Gasteiger partial charge in [-0.2, -0.15) is 0 Å². The average Bonchev–Trinajstić information content (AvgIpc) is 2.90. The summed E-state index contributed by atoms with van der Waals surface area (Å²) in [4.78, 5) is 0. The summed E-state index contributed by atoms with van der Waals surface area (Å²) < 4.78 is 26.8. The van der Waals surface area contributed by atoms with Crippen molar-refractivity contribution in [3.05, 3.63) is 0 Å². The average molecular weight is 258 g/mol. The Labute approximate surface area is 104 Å².